The van der Waals surface area contributed by atoms with Gasteiger partial charge in [0.25, 0.3) is 0 Å². The number of carbonyl (C=O) groups is 1. The number of hydrogen-bond acceptors (Lipinski definition) is 7. The Labute approximate surface area is 217 Å². The predicted octanol–water partition coefficient (Wildman–Crippen LogP) is 3.99. The molecule has 0 saturated carbocycles. The number of benzene rings is 3. The van der Waals surface area contributed by atoms with Gasteiger partial charge in [-0.05, 0) is 30.2 Å². The van der Waals surface area contributed by atoms with Crippen LogP contribution in [0, 0.1) is 6.92 Å². The highest BCUT2D eigenvalue weighted by molar-refractivity contribution is 5.67. The minimum absolute atomic E-state index is 0.0575. The average Bonchev–Trinajstić information content (AvgIpc) is 2.93. The van der Waals surface area contributed by atoms with Crippen molar-refractivity contribution in [2.75, 3.05) is 13.7 Å². The Bertz CT molecular complexity index is 1090. The molecular weight excluding hydrogens is 474 g/mol. The molecule has 1 saturated heterocycles. The van der Waals surface area contributed by atoms with Gasteiger partial charge in [0.1, 0.15) is 30.7 Å². The third-order valence-electron chi connectivity index (χ3n) is 6.09. The Hall–Kier alpha value is -3.43. The van der Waals surface area contributed by atoms with E-state index in [1.165, 1.54) is 7.11 Å². The lowest BCUT2D eigenvalue weighted by Gasteiger charge is -2.43. The van der Waals surface area contributed by atoms with Crippen LogP contribution >= 0.6 is 0 Å². The topological polar surface area (TPSA) is 95.5 Å². The van der Waals surface area contributed by atoms with Crippen molar-refractivity contribution >= 4 is 6.09 Å². The summed E-state index contributed by atoms with van der Waals surface area (Å²) < 4.78 is 29.2. The fraction of sp³-hybridized carbons (Fsp3) is 0.345. The summed E-state index contributed by atoms with van der Waals surface area (Å²) in [6.07, 6.45) is -4.92. The van der Waals surface area contributed by atoms with Gasteiger partial charge in [0.05, 0.1) is 13.2 Å². The molecule has 3 aromatic carbocycles. The van der Waals surface area contributed by atoms with Crippen molar-refractivity contribution in [3.8, 4) is 5.75 Å². The quantitative estimate of drug-likeness (QED) is 0.429. The molecule has 0 bridgehead atoms. The van der Waals surface area contributed by atoms with Crippen molar-refractivity contribution in [1.29, 1.82) is 0 Å². The van der Waals surface area contributed by atoms with Crippen LogP contribution in [-0.2, 0) is 32.2 Å². The van der Waals surface area contributed by atoms with E-state index in [2.05, 4.69) is 5.32 Å². The smallest absolute Gasteiger partial charge is 0.407 e. The van der Waals surface area contributed by atoms with Crippen LogP contribution < -0.4 is 10.1 Å². The van der Waals surface area contributed by atoms with Crippen LogP contribution in [0.3, 0.4) is 0 Å². The summed E-state index contributed by atoms with van der Waals surface area (Å²) in [6.45, 7) is 2.44. The molecule has 0 aliphatic carbocycles. The Morgan fingerprint density at radius 2 is 1.51 bits per heavy atom. The third kappa shape index (κ3) is 7.53. The summed E-state index contributed by atoms with van der Waals surface area (Å²) in [7, 11) is 1.45. The van der Waals surface area contributed by atoms with Crippen molar-refractivity contribution < 1.29 is 33.6 Å². The summed E-state index contributed by atoms with van der Waals surface area (Å²) in [6, 6.07) is 26.6. The zero-order chi connectivity index (χ0) is 26.0. The first kappa shape index (κ1) is 26.6. The first-order valence-electron chi connectivity index (χ1n) is 12.2. The van der Waals surface area contributed by atoms with Crippen molar-refractivity contribution in [3.05, 3.63) is 102 Å². The van der Waals surface area contributed by atoms with Crippen LogP contribution in [0.2, 0.25) is 0 Å². The SMILES string of the molecule is CO[C@@H]1O[C@H](CNC(=O)OCc2ccccc2)[C@@H](Oc2ccc(C)cc2)[C@H](OCc2ccccc2)[C@@H]1O. The monoisotopic (exact) mass is 507 g/mol. The van der Waals surface area contributed by atoms with E-state index in [-0.39, 0.29) is 19.8 Å². The molecule has 1 aliphatic rings. The number of nitrogens with one attached hydrogen (secondary N) is 1. The lowest BCUT2D eigenvalue weighted by molar-refractivity contribution is -0.293. The number of aliphatic hydroxyl groups is 1. The summed E-state index contributed by atoms with van der Waals surface area (Å²) >= 11 is 0. The van der Waals surface area contributed by atoms with Gasteiger partial charge in [-0.2, -0.15) is 0 Å². The Morgan fingerprint density at radius 3 is 2.14 bits per heavy atom. The van der Waals surface area contributed by atoms with E-state index in [0.29, 0.717) is 5.75 Å². The maximum absolute atomic E-state index is 12.4. The highest BCUT2D eigenvalue weighted by Gasteiger charge is 2.48. The lowest BCUT2D eigenvalue weighted by Crippen LogP contribution is -2.63. The van der Waals surface area contributed by atoms with Gasteiger partial charge in [-0.3, -0.25) is 0 Å². The minimum atomic E-state index is -1.12. The second-order valence-electron chi connectivity index (χ2n) is 8.87. The molecule has 0 spiro atoms. The molecule has 1 heterocycles. The van der Waals surface area contributed by atoms with Gasteiger partial charge >= 0.3 is 6.09 Å². The van der Waals surface area contributed by atoms with Gasteiger partial charge in [0, 0.05) is 7.11 Å². The zero-order valence-electron chi connectivity index (χ0n) is 21.0. The molecule has 196 valence electrons. The predicted molar refractivity (Wildman–Crippen MR) is 137 cm³/mol. The molecule has 37 heavy (non-hydrogen) atoms. The normalized spacial score (nSPS) is 23.3. The molecule has 0 unspecified atom stereocenters. The van der Waals surface area contributed by atoms with E-state index < -0.39 is 36.8 Å². The van der Waals surface area contributed by atoms with Gasteiger partial charge in [0.15, 0.2) is 12.4 Å². The molecule has 5 atom stereocenters. The number of hydrogen-bond donors (Lipinski definition) is 2. The fourth-order valence-corrected chi connectivity index (χ4v) is 4.09. The molecular formula is C29H33NO7. The molecule has 0 radical (unpaired) electrons. The highest BCUT2D eigenvalue weighted by Crippen LogP contribution is 2.29. The van der Waals surface area contributed by atoms with Crippen molar-refractivity contribution in [2.24, 2.45) is 0 Å². The maximum Gasteiger partial charge on any atom is 0.407 e. The van der Waals surface area contributed by atoms with E-state index >= 15 is 0 Å². The number of aliphatic hydroxyl groups excluding tert-OH is 1. The summed E-state index contributed by atoms with van der Waals surface area (Å²) in [5.74, 6) is 0.590. The maximum atomic E-state index is 12.4. The van der Waals surface area contributed by atoms with Crippen LogP contribution in [0.15, 0.2) is 84.9 Å². The van der Waals surface area contributed by atoms with E-state index in [0.717, 1.165) is 16.7 Å². The summed E-state index contributed by atoms with van der Waals surface area (Å²) in [5, 5.41) is 13.8. The van der Waals surface area contributed by atoms with Gasteiger partial charge in [0.2, 0.25) is 0 Å². The van der Waals surface area contributed by atoms with Crippen molar-refractivity contribution in [2.45, 2.75) is 50.8 Å². The van der Waals surface area contributed by atoms with Crippen molar-refractivity contribution in [3.63, 3.8) is 0 Å². The van der Waals surface area contributed by atoms with Crippen LogP contribution in [0.5, 0.6) is 5.75 Å². The van der Waals surface area contributed by atoms with Gasteiger partial charge < -0.3 is 34.1 Å². The van der Waals surface area contributed by atoms with E-state index in [4.69, 9.17) is 23.7 Å². The van der Waals surface area contributed by atoms with E-state index in [1.54, 1.807) is 0 Å². The summed E-state index contributed by atoms with van der Waals surface area (Å²) in [5.41, 5.74) is 2.91. The molecule has 8 heteroatoms. The highest BCUT2D eigenvalue weighted by atomic mass is 16.7. The van der Waals surface area contributed by atoms with Gasteiger partial charge in [-0.25, -0.2) is 4.79 Å². The van der Waals surface area contributed by atoms with Crippen LogP contribution in [0.25, 0.3) is 0 Å². The molecule has 1 fully saturated rings. The first-order valence-corrected chi connectivity index (χ1v) is 12.2. The molecule has 3 aromatic rings. The van der Waals surface area contributed by atoms with Gasteiger partial charge in [-0.15, -0.1) is 0 Å². The number of ether oxygens (including phenoxy) is 5. The average molecular weight is 508 g/mol. The molecule has 1 amide bonds. The number of carbonyl (C=O) groups excluding carboxylic acids is 1. The van der Waals surface area contributed by atoms with Crippen LogP contribution in [-0.4, -0.2) is 55.6 Å². The van der Waals surface area contributed by atoms with E-state index in [9.17, 15) is 9.90 Å². The van der Waals surface area contributed by atoms with Crippen molar-refractivity contribution in [1.82, 2.24) is 5.32 Å². The lowest BCUT2D eigenvalue weighted by atomic mass is 9.97. The molecule has 2 N–H and O–H groups in total. The zero-order valence-corrected chi connectivity index (χ0v) is 21.0. The minimum Gasteiger partial charge on any atom is -0.485 e. The van der Waals surface area contributed by atoms with E-state index in [1.807, 2.05) is 91.9 Å². The summed E-state index contributed by atoms with van der Waals surface area (Å²) in [4.78, 5) is 12.4. The number of amides is 1. The van der Waals surface area contributed by atoms with Crippen LogP contribution in [0.1, 0.15) is 16.7 Å². The molecule has 8 nitrogen and oxygen atoms in total. The molecule has 4 rings (SSSR count). The number of aryl methyl sites for hydroxylation is 1. The number of rotatable bonds is 10. The Morgan fingerprint density at radius 1 is 0.892 bits per heavy atom. The second kappa shape index (κ2) is 13.2. The standard InChI is InChI=1S/C29H33NO7/c1-20-13-15-23(16-14-20)36-26-24(17-30-29(32)35-19-22-11-7-4-8-12-22)37-28(33-2)25(31)27(26)34-18-21-9-5-3-6-10-21/h3-16,24-28,31H,17-19H2,1-2H3,(H,30,32)/t24-,25+,26-,27-,28-/m1/s1. The number of alkyl carbamates (subject to hydrolysis) is 1. The third-order valence-corrected chi connectivity index (χ3v) is 6.09. The molecule has 0 aromatic heterocycles. The molecule has 1 aliphatic heterocycles. The number of methoxy groups -OCH3 is 1. The van der Waals surface area contributed by atoms with Gasteiger partial charge in [-0.1, -0.05) is 78.4 Å². The second-order valence-corrected chi connectivity index (χ2v) is 8.87. The van der Waals surface area contributed by atoms with Crippen LogP contribution in [0.4, 0.5) is 4.79 Å². The fourth-order valence-electron chi connectivity index (χ4n) is 4.09. The Kier molecular flexibility index (Phi) is 9.51. The Balaban J connectivity index is 1.48. The largest absolute Gasteiger partial charge is 0.485 e. The first-order chi connectivity index (χ1) is 18.0.